The summed E-state index contributed by atoms with van der Waals surface area (Å²) < 4.78 is 3.30. The number of benzene rings is 1. The van der Waals surface area contributed by atoms with Crippen molar-refractivity contribution in [2.75, 3.05) is 5.32 Å². The quantitative estimate of drug-likeness (QED) is 0.481. The van der Waals surface area contributed by atoms with Gasteiger partial charge in [0.2, 0.25) is 0 Å². The summed E-state index contributed by atoms with van der Waals surface area (Å²) in [7, 11) is 0. The molecule has 10 heteroatoms. The third-order valence-corrected chi connectivity index (χ3v) is 4.45. The molecular weight excluding hydrogens is 406 g/mol. The summed E-state index contributed by atoms with van der Waals surface area (Å²) in [6.07, 6.45) is 9.70. The molecule has 0 atom stereocenters. The predicted octanol–water partition coefficient (Wildman–Crippen LogP) is 2.36. The average Bonchev–Trinajstić information content (AvgIpc) is 3.45. The Hall–Kier alpha value is -3.98. The normalized spacial score (nSPS) is 10.6. The highest BCUT2D eigenvalue weighted by molar-refractivity contribution is 6.39. The second kappa shape index (κ2) is 8.58. The molecule has 4 rings (SSSR count). The van der Waals surface area contributed by atoms with Gasteiger partial charge in [0, 0.05) is 35.7 Å². The van der Waals surface area contributed by atoms with Crippen LogP contribution in [0.2, 0.25) is 5.02 Å². The van der Waals surface area contributed by atoms with E-state index in [0.717, 1.165) is 11.3 Å². The number of hydrogen-bond acceptors (Lipinski definition) is 5. The average molecular weight is 422 g/mol. The summed E-state index contributed by atoms with van der Waals surface area (Å²) in [5.41, 5.74) is 1.91. The highest BCUT2D eigenvalue weighted by Crippen LogP contribution is 2.15. The molecule has 0 fully saturated rings. The van der Waals surface area contributed by atoms with Crippen molar-refractivity contribution >= 4 is 29.1 Å². The van der Waals surface area contributed by atoms with E-state index in [4.69, 9.17) is 11.6 Å². The lowest BCUT2D eigenvalue weighted by atomic mass is 10.2. The Morgan fingerprint density at radius 2 is 1.90 bits per heavy atom. The van der Waals surface area contributed by atoms with Crippen LogP contribution in [0.15, 0.2) is 73.7 Å². The maximum absolute atomic E-state index is 12.2. The summed E-state index contributed by atoms with van der Waals surface area (Å²) in [5, 5.41) is 9.91. The molecule has 4 aromatic rings. The molecule has 0 spiro atoms. The first-order valence-electron chi connectivity index (χ1n) is 8.92. The van der Waals surface area contributed by atoms with Crippen molar-refractivity contribution in [1.29, 1.82) is 0 Å². The molecule has 150 valence electrons. The van der Waals surface area contributed by atoms with Crippen molar-refractivity contribution < 1.29 is 9.59 Å². The van der Waals surface area contributed by atoms with E-state index in [1.54, 1.807) is 70.7 Å². The van der Waals surface area contributed by atoms with Gasteiger partial charge in [0.25, 0.3) is 0 Å². The molecule has 2 amide bonds. The van der Waals surface area contributed by atoms with Gasteiger partial charge in [-0.2, -0.15) is 5.10 Å². The molecular formula is C20H16ClN7O2. The lowest BCUT2D eigenvalue weighted by Crippen LogP contribution is -2.35. The van der Waals surface area contributed by atoms with Gasteiger partial charge in [-0.15, -0.1) is 0 Å². The van der Waals surface area contributed by atoms with E-state index in [1.807, 2.05) is 6.07 Å². The van der Waals surface area contributed by atoms with Crippen LogP contribution in [-0.4, -0.2) is 36.1 Å². The van der Waals surface area contributed by atoms with Gasteiger partial charge in [-0.1, -0.05) is 17.7 Å². The lowest BCUT2D eigenvalue weighted by Gasteiger charge is -2.10. The third-order valence-electron chi connectivity index (χ3n) is 4.19. The largest absolute Gasteiger partial charge is 0.344 e. The van der Waals surface area contributed by atoms with Crippen molar-refractivity contribution in [2.45, 2.75) is 6.54 Å². The number of amides is 2. The van der Waals surface area contributed by atoms with Crippen LogP contribution >= 0.6 is 11.6 Å². The molecule has 2 N–H and O–H groups in total. The Balaban J connectivity index is 1.37. The first-order valence-corrected chi connectivity index (χ1v) is 9.30. The zero-order valence-electron chi connectivity index (χ0n) is 15.6. The van der Waals surface area contributed by atoms with Crippen molar-refractivity contribution in [2.24, 2.45) is 0 Å². The predicted molar refractivity (Wildman–Crippen MR) is 110 cm³/mol. The molecule has 0 bridgehead atoms. The Morgan fingerprint density at radius 1 is 1.07 bits per heavy atom. The molecule has 0 radical (unpaired) electrons. The summed E-state index contributed by atoms with van der Waals surface area (Å²) in [6, 6.07) is 10.6. The number of pyridine rings is 1. The van der Waals surface area contributed by atoms with Crippen LogP contribution in [0.1, 0.15) is 5.56 Å². The highest BCUT2D eigenvalue weighted by Gasteiger charge is 2.16. The summed E-state index contributed by atoms with van der Waals surface area (Å²) in [5.74, 6) is -0.937. The number of anilines is 1. The smallest absolute Gasteiger partial charge is 0.313 e. The van der Waals surface area contributed by atoms with Crippen LogP contribution in [0.4, 0.5) is 5.69 Å². The lowest BCUT2D eigenvalue weighted by molar-refractivity contribution is -0.136. The molecule has 0 saturated carbocycles. The number of carbonyl (C=O) groups is 2. The molecule has 3 heterocycles. The van der Waals surface area contributed by atoms with Crippen molar-refractivity contribution in [3.05, 3.63) is 84.3 Å². The van der Waals surface area contributed by atoms with Gasteiger partial charge in [0.1, 0.15) is 12.1 Å². The third kappa shape index (κ3) is 4.36. The minimum Gasteiger partial charge on any atom is -0.344 e. The SMILES string of the molecule is O=C(NCc1cccnc1-n1ccnc1)C(=O)Nc1cnn(-c2ccc(Cl)cc2)c1. The van der Waals surface area contributed by atoms with Crippen molar-refractivity contribution in [1.82, 2.24) is 29.6 Å². The first kappa shape index (κ1) is 19.3. The highest BCUT2D eigenvalue weighted by atomic mass is 35.5. The number of nitrogens with zero attached hydrogens (tertiary/aromatic N) is 5. The molecule has 0 saturated heterocycles. The van der Waals surface area contributed by atoms with Crippen LogP contribution in [-0.2, 0) is 16.1 Å². The summed E-state index contributed by atoms with van der Waals surface area (Å²) >= 11 is 5.88. The second-order valence-electron chi connectivity index (χ2n) is 6.24. The van der Waals surface area contributed by atoms with Gasteiger partial charge in [0.15, 0.2) is 0 Å². The Kier molecular flexibility index (Phi) is 5.53. The summed E-state index contributed by atoms with van der Waals surface area (Å²) in [4.78, 5) is 32.8. The van der Waals surface area contributed by atoms with E-state index in [1.165, 1.54) is 6.20 Å². The standard InChI is InChI=1S/C20H16ClN7O2/c21-15-3-5-17(6-4-15)28-12-16(11-25-28)26-20(30)19(29)24-10-14-2-1-7-23-18(14)27-9-8-22-13-27/h1-9,11-13H,10H2,(H,24,29)(H,26,30). The Morgan fingerprint density at radius 3 is 2.67 bits per heavy atom. The van der Waals surface area contributed by atoms with Gasteiger partial charge in [0.05, 0.1) is 23.8 Å². The molecule has 30 heavy (non-hydrogen) atoms. The number of nitrogens with one attached hydrogen (secondary N) is 2. The molecule has 0 unspecified atom stereocenters. The van der Waals surface area contributed by atoms with E-state index < -0.39 is 11.8 Å². The molecule has 1 aromatic carbocycles. The van der Waals surface area contributed by atoms with Crippen molar-refractivity contribution in [3.8, 4) is 11.5 Å². The van der Waals surface area contributed by atoms with E-state index >= 15 is 0 Å². The molecule has 9 nitrogen and oxygen atoms in total. The number of aromatic nitrogens is 5. The minimum absolute atomic E-state index is 0.137. The molecule has 3 aromatic heterocycles. The number of hydrogen-bond donors (Lipinski definition) is 2. The Bertz CT molecular complexity index is 1170. The first-order chi connectivity index (χ1) is 14.6. The molecule has 0 aliphatic rings. The summed E-state index contributed by atoms with van der Waals surface area (Å²) in [6.45, 7) is 0.137. The fourth-order valence-corrected chi connectivity index (χ4v) is 2.88. The fourth-order valence-electron chi connectivity index (χ4n) is 2.75. The zero-order valence-corrected chi connectivity index (χ0v) is 16.3. The van der Waals surface area contributed by atoms with Crippen LogP contribution in [0.25, 0.3) is 11.5 Å². The van der Waals surface area contributed by atoms with Gasteiger partial charge in [-0.3, -0.25) is 14.2 Å². The monoisotopic (exact) mass is 421 g/mol. The van der Waals surface area contributed by atoms with E-state index in [0.29, 0.717) is 16.5 Å². The Labute approximate surface area is 176 Å². The number of imidazole rings is 1. The van der Waals surface area contributed by atoms with Crippen LogP contribution in [0.5, 0.6) is 0 Å². The molecule has 0 aliphatic heterocycles. The van der Waals surface area contributed by atoms with Crippen molar-refractivity contribution in [3.63, 3.8) is 0 Å². The maximum Gasteiger partial charge on any atom is 0.313 e. The van der Waals surface area contributed by atoms with E-state index in [9.17, 15) is 9.59 Å². The fraction of sp³-hybridized carbons (Fsp3) is 0.0500. The van der Waals surface area contributed by atoms with Crippen LogP contribution < -0.4 is 10.6 Å². The number of halogens is 1. The maximum atomic E-state index is 12.2. The van der Waals surface area contributed by atoms with Gasteiger partial charge < -0.3 is 10.6 Å². The second-order valence-corrected chi connectivity index (χ2v) is 6.68. The minimum atomic E-state index is -0.793. The van der Waals surface area contributed by atoms with Gasteiger partial charge in [-0.25, -0.2) is 14.6 Å². The topological polar surface area (TPSA) is 107 Å². The van der Waals surface area contributed by atoms with E-state index in [2.05, 4.69) is 25.7 Å². The van der Waals surface area contributed by atoms with Crippen LogP contribution in [0, 0.1) is 0 Å². The van der Waals surface area contributed by atoms with Crippen LogP contribution in [0.3, 0.4) is 0 Å². The van der Waals surface area contributed by atoms with E-state index in [-0.39, 0.29) is 6.54 Å². The van der Waals surface area contributed by atoms with Gasteiger partial charge in [-0.05, 0) is 30.3 Å². The van der Waals surface area contributed by atoms with Gasteiger partial charge >= 0.3 is 11.8 Å². The number of rotatable bonds is 5. The zero-order chi connectivity index (χ0) is 20.9. The number of carbonyl (C=O) groups excluding carboxylic acids is 2. The molecule has 0 aliphatic carbocycles.